The van der Waals surface area contributed by atoms with Crippen LogP contribution in [0.15, 0.2) is 41.1 Å². The van der Waals surface area contributed by atoms with Gasteiger partial charge < -0.3 is 19.4 Å². The van der Waals surface area contributed by atoms with Crippen LogP contribution in [0.25, 0.3) is 22.2 Å². The van der Waals surface area contributed by atoms with E-state index < -0.39 is 11.7 Å². The maximum atomic E-state index is 15.1. The smallest absolute Gasteiger partial charge is 0.273 e. The Hall–Kier alpha value is -4.08. The zero-order chi connectivity index (χ0) is 26.1. The van der Waals surface area contributed by atoms with Crippen molar-refractivity contribution >= 4 is 28.5 Å². The second-order valence-corrected chi connectivity index (χ2v) is 9.85. The lowest BCUT2D eigenvalue weighted by molar-refractivity contribution is -0.117. The number of hydrogen-bond donors (Lipinski definition) is 2. The Morgan fingerprint density at radius 3 is 2.86 bits per heavy atom. The van der Waals surface area contributed by atoms with Crippen molar-refractivity contribution in [2.75, 3.05) is 18.0 Å². The Labute approximate surface area is 213 Å². The summed E-state index contributed by atoms with van der Waals surface area (Å²) >= 11 is 0. The summed E-state index contributed by atoms with van der Waals surface area (Å²) in [5, 5.41) is 11.0. The molecule has 1 fully saturated rings. The van der Waals surface area contributed by atoms with Crippen molar-refractivity contribution in [1.82, 2.24) is 25.5 Å². The molecule has 1 aliphatic rings. The molecule has 4 heterocycles. The van der Waals surface area contributed by atoms with Crippen molar-refractivity contribution in [3.63, 3.8) is 0 Å². The maximum absolute atomic E-state index is 15.1. The first kappa shape index (κ1) is 24.6. The third kappa shape index (κ3) is 5.09. The van der Waals surface area contributed by atoms with Gasteiger partial charge in [-0.1, -0.05) is 26.0 Å². The summed E-state index contributed by atoms with van der Waals surface area (Å²) in [5.41, 5.74) is 2.63. The van der Waals surface area contributed by atoms with E-state index in [0.29, 0.717) is 35.0 Å². The number of halogens is 1. The predicted molar refractivity (Wildman–Crippen MR) is 137 cm³/mol. The first-order valence-corrected chi connectivity index (χ1v) is 12.4. The summed E-state index contributed by atoms with van der Waals surface area (Å²) in [5.74, 6) is 0.930. The standard InChI is InChI=1S/C27H29FN6O3/c1-15(2)27-31-22(14-37-27)26(36)30-12-19-5-4-18(11-21(19)28)20-6-8-29-24-23(20)25(33-32-24)34-9-7-17(13-34)10-16(3)35/h4-6,8,11,14-15,17H,7,9-10,12-13H2,1-3H3,(H,30,36)(H,29,32,33)/t17-/m0/s1. The summed E-state index contributed by atoms with van der Waals surface area (Å²) in [6.07, 6.45) is 4.45. The van der Waals surface area contributed by atoms with Crippen molar-refractivity contribution in [2.45, 2.75) is 46.1 Å². The Morgan fingerprint density at radius 1 is 1.30 bits per heavy atom. The molecule has 9 nitrogen and oxygen atoms in total. The van der Waals surface area contributed by atoms with Crippen LogP contribution in [0.4, 0.5) is 10.2 Å². The molecule has 1 amide bonds. The van der Waals surface area contributed by atoms with E-state index in [9.17, 15) is 9.59 Å². The summed E-state index contributed by atoms with van der Waals surface area (Å²) in [6.45, 7) is 7.01. The SMILES string of the molecule is CC(=O)C[C@@H]1CCN(c2n[nH]c3nccc(-c4ccc(CNC(=O)c5coc(C(C)C)n5)c(F)c4)c23)C1. The van der Waals surface area contributed by atoms with E-state index in [4.69, 9.17) is 4.42 Å². The second-order valence-electron chi connectivity index (χ2n) is 9.85. The largest absolute Gasteiger partial charge is 0.448 e. The molecule has 4 aromatic rings. The van der Waals surface area contributed by atoms with E-state index in [-0.39, 0.29) is 23.9 Å². The van der Waals surface area contributed by atoms with E-state index in [1.165, 1.54) is 12.3 Å². The Kier molecular flexibility index (Phi) is 6.73. The van der Waals surface area contributed by atoms with Gasteiger partial charge in [-0.05, 0) is 42.5 Å². The van der Waals surface area contributed by atoms with Crippen molar-refractivity contribution in [2.24, 2.45) is 5.92 Å². The predicted octanol–water partition coefficient (Wildman–Crippen LogP) is 4.61. The van der Waals surface area contributed by atoms with Gasteiger partial charge in [0.1, 0.15) is 17.9 Å². The van der Waals surface area contributed by atoms with Crippen LogP contribution in [-0.2, 0) is 11.3 Å². The number of amides is 1. The first-order valence-electron chi connectivity index (χ1n) is 12.4. The topological polar surface area (TPSA) is 117 Å². The second kappa shape index (κ2) is 10.1. The summed E-state index contributed by atoms with van der Waals surface area (Å²) in [7, 11) is 0. The number of pyridine rings is 1. The average Bonchev–Trinajstić information content (AvgIpc) is 3.62. The minimum Gasteiger partial charge on any atom is -0.448 e. The number of nitrogens with one attached hydrogen (secondary N) is 2. The highest BCUT2D eigenvalue weighted by molar-refractivity contribution is 6.00. The highest BCUT2D eigenvalue weighted by atomic mass is 19.1. The van der Waals surface area contributed by atoms with Gasteiger partial charge >= 0.3 is 0 Å². The number of H-pyrrole nitrogens is 1. The maximum Gasteiger partial charge on any atom is 0.273 e. The molecule has 0 saturated carbocycles. The molecule has 1 aromatic carbocycles. The number of anilines is 1. The third-order valence-corrected chi connectivity index (χ3v) is 6.66. The van der Waals surface area contributed by atoms with Crippen LogP contribution < -0.4 is 10.2 Å². The molecule has 2 N–H and O–H groups in total. The van der Waals surface area contributed by atoms with Crippen LogP contribution in [0.5, 0.6) is 0 Å². The lowest BCUT2D eigenvalue weighted by Crippen LogP contribution is -2.23. The molecule has 1 atom stereocenters. The van der Waals surface area contributed by atoms with Gasteiger partial charge in [0, 0.05) is 43.7 Å². The van der Waals surface area contributed by atoms with Gasteiger partial charge in [0.05, 0.1) is 5.39 Å². The number of fused-ring (bicyclic) bond motifs is 1. The lowest BCUT2D eigenvalue weighted by Gasteiger charge is -2.17. The molecular weight excluding hydrogens is 475 g/mol. The molecule has 5 rings (SSSR count). The van der Waals surface area contributed by atoms with Gasteiger partial charge in [-0.3, -0.25) is 9.89 Å². The molecule has 0 radical (unpaired) electrons. The van der Waals surface area contributed by atoms with Crippen molar-refractivity contribution in [3.05, 3.63) is 59.7 Å². The highest BCUT2D eigenvalue weighted by Gasteiger charge is 2.27. The lowest BCUT2D eigenvalue weighted by atomic mass is 10.0. The van der Waals surface area contributed by atoms with E-state index in [0.717, 1.165) is 36.3 Å². The molecule has 0 aliphatic carbocycles. The van der Waals surface area contributed by atoms with Gasteiger partial charge in [-0.2, -0.15) is 5.10 Å². The van der Waals surface area contributed by atoms with Crippen molar-refractivity contribution < 1.29 is 18.4 Å². The fourth-order valence-corrected chi connectivity index (χ4v) is 4.78. The van der Waals surface area contributed by atoms with Crippen LogP contribution in [0.2, 0.25) is 0 Å². The number of aromatic nitrogens is 4. The molecule has 192 valence electrons. The molecule has 10 heteroatoms. The number of carbonyl (C=O) groups is 2. The van der Waals surface area contributed by atoms with Crippen LogP contribution >= 0.6 is 0 Å². The Morgan fingerprint density at radius 2 is 2.14 bits per heavy atom. The molecule has 0 spiro atoms. The number of Topliss-reactive ketones (excluding diaryl/α,β-unsaturated/α-hetero) is 1. The number of carbonyl (C=O) groups excluding carboxylic acids is 2. The molecule has 0 unspecified atom stereocenters. The van der Waals surface area contributed by atoms with E-state index in [1.54, 1.807) is 19.2 Å². The molecule has 0 bridgehead atoms. The molecule has 1 aliphatic heterocycles. The number of aromatic amines is 1. The number of hydrogen-bond acceptors (Lipinski definition) is 7. The molecule has 3 aromatic heterocycles. The van der Waals surface area contributed by atoms with Gasteiger partial charge in [0.2, 0.25) is 0 Å². The van der Waals surface area contributed by atoms with E-state index in [2.05, 4.69) is 30.4 Å². The summed E-state index contributed by atoms with van der Waals surface area (Å²) in [4.78, 5) is 34.7. The van der Waals surface area contributed by atoms with E-state index >= 15 is 4.39 Å². The number of oxazole rings is 1. The normalized spacial score (nSPS) is 15.6. The van der Waals surface area contributed by atoms with Gasteiger partial charge in [-0.25, -0.2) is 14.4 Å². The number of ketones is 1. The third-order valence-electron chi connectivity index (χ3n) is 6.66. The van der Waals surface area contributed by atoms with Crippen LogP contribution in [0.3, 0.4) is 0 Å². The van der Waals surface area contributed by atoms with Crippen molar-refractivity contribution in [3.8, 4) is 11.1 Å². The first-order chi connectivity index (χ1) is 17.8. The minimum absolute atomic E-state index is 0.0167. The van der Waals surface area contributed by atoms with Crippen molar-refractivity contribution in [1.29, 1.82) is 0 Å². The molecule has 37 heavy (non-hydrogen) atoms. The summed E-state index contributed by atoms with van der Waals surface area (Å²) < 4.78 is 20.4. The number of rotatable bonds is 8. The van der Waals surface area contributed by atoms with Gasteiger partial charge in [-0.15, -0.1) is 0 Å². The quantitative estimate of drug-likeness (QED) is 0.360. The zero-order valence-electron chi connectivity index (χ0n) is 21.0. The number of benzene rings is 1. The average molecular weight is 505 g/mol. The fourth-order valence-electron chi connectivity index (χ4n) is 4.78. The zero-order valence-corrected chi connectivity index (χ0v) is 21.0. The molecular formula is C27H29FN6O3. The van der Waals surface area contributed by atoms with Gasteiger partial charge in [0.15, 0.2) is 23.0 Å². The van der Waals surface area contributed by atoms with Gasteiger partial charge in [0.25, 0.3) is 5.91 Å². The Balaban J connectivity index is 1.35. The fraction of sp³-hybridized carbons (Fsp3) is 0.370. The minimum atomic E-state index is -0.432. The summed E-state index contributed by atoms with van der Waals surface area (Å²) in [6, 6.07) is 6.80. The highest BCUT2D eigenvalue weighted by Crippen LogP contribution is 2.36. The van der Waals surface area contributed by atoms with E-state index in [1.807, 2.05) is 26.0 Å². The van der Waals surface area contributed by atoms with Crippen LogP contribution in [0, 0.1) is 11.7 Å². The van der Waals surface area contributed by atoms with Crippen LogP contribution in [0.1, 0.15) is 61.5 Å². The van der Waals surface area contributed by atoms with Crippen LogP contribution in [-0.4, -0.2) is 44.9 Å². The monoisotopic (exact) mass is 504 g/mol. The number of nitrogens with zero attached hydrogens (tertiary/aromatic N) is 4. The Bertz CT molecular complexity index is 1460. The molecule has 1 saturated heterocycles.